The Morgan fingerprint density at radius 3 is 2.64 bits per heavy atom. The Kier molecular flexibility index (Phi) is 4.16. The van der Waals surface area contributed by atoms with Crippen molar-refractivity contribution in [2.75, 3.05) is 13.1 Å². The van der Waals surface area contributed by atoms with Crippen LogP contribution in [0.5, 0.6) is 5.75 Å². The number of hydrogen-bond donors (Lipinski definition) is 1. The molecule has 2 aromatic carbocycles. The first kappa shape index (κ1) is 17.1. The van der Waals surface area contributed by atoms with Gasteiger partial charge in [-0.25, -0.2) is 13.4 Å². The molecule has 1 fully saturated rings. The van der Waals surface area contributed by atoms with Crippen LogP contribution in [0.25, 0.3) is 10.2 Å². The Labute approximate surface area is 158 Å². The van der Waals surface area contributed by atoms with Gasteiger partial charge in [-0.2, -0.15) is 4.31 Å². The molecule has 1 aromatic heterocycles. The van der Waals surface area contributed by atoms with Crippen molar-refractivity contribution in [1.82, 2.24) is 9.29 Å². The predicted octanol–water partition coefficient (Wildman–Crippen LogP) is 4.10. The van der Waals surface area contributed by atoms with Gasteiger partial charge in [0.1, 0.15) is 4.90 Å². The van der Waals surface area contributed by atoms with Gasteiger partial charge in [-0.3, -0.25) is 0 Å². The van der Waals surface area contributed by atoms with E-state index in [4.69, 9.17) is 23.2 Å². The Hall–Kier alpha value is -1.38. The van der Waals surface area contributed by atoms with Gasteiger partial charge in [0, 0.05) is 24.0 Å². The molecule has 25 heavy (non-hydrogen) atoms. The second kappa shape index (κ2) is 6.10. The van der Waals surface area contributed by atoms with Crippen LogP contribution in [-0.2, 0) is 10.0 Å². The van der Waals surface area contributed by atoms with Crippen molar-refractivity contribution < 1.29 is 13.5 Å². The van der Waals surface area contributed by atoms with Crippen LogP contribution in [0.3, 0.4) is 0 Å². The average Bonchev–Trinajstić information content (AvgIpc) is 2.92. The molecule has 5 nitrogen and oxygen atoms in total. The van der Waals surface area contributed by atoms with Gasteiger partial charge in [0.05, 0.1) is 20.2 Å². The van der Waals surface area contributed by atoms with Crippen molar-refractivity contribution in [2.24, 2.45) is 0 Å². The first-order valence-corrected chi connectivity index (χ1v) is 10.4. The van der Waals surface area contributed by atoms with E-state index in [0.717, 1.165) is 15.2 Å². The molecular weight excluding hydrogens is 403 g/mol. The van der Waals surface area contributed by atoms with Crippen molar-refractivity contribution in [3.63, 3.8) is 0 Å². The summed E-state index contributed by atoms with van der Waals surface area (Å²) >= 11 is 13.3. The van der Waals surface area contributed by atoms with E-state index in [1.54, 1.807) is 11.3 Å². The van der Waals surface area contributed by atoms with Crippen molar-refractivity contribution >= 4 is 54.8 Å². The molecule has 0 atom stereocenters. The van der Waals surface area contributed by atoms with Gasteiger partial charge >= 0.3 is 0 Å². The molecule has 3 aromatic rings. The van der Waals surface area contributed by atoms with E-state index in [2.05, 4.69) is 4.98 Å². The number of rotatable bonds is 3. The molecule has 1 N–H and O–H groups in total. The van der Waals surface area contributed by atoms with Gasteiger partial charge in [0.2, 0.25) is 10.0 Å². The Morgan fingerprint density at radius 1 is 1.20 bits per heavy atom. The van der Waals surface area contributed by atoms with Crippen molar-refractivity contribution in [1.29, 1.82) is 0 Å². The number of halogens is 2. The summed E-state index contributed by atoms with van der Waals surface area (Å²) in [5, 5.41) is 11.0. The van der Waals surface area contributed by atoms with Crippen molar-refractivity contribution in [3.8, 4) is 5.75 Å². The highest BCUT2D eigenvalue weighted by molar-refractivity contribution is 7.89. The molecule has 1 aliphatic rings. The lowest BCUT2D eigenvalue weighted by Crippen LogP contribution is -2.48. The highest BCUT2D eigenvalue weighted by Gasteiger charge is 2.40. The monoisotopic (exact) mass is 414 g/mol. The molecule has 0 saturated carbocycles. The van der Waals surface area contributed by atoms with E-state index in [9.17, 15) is 13.5 Å². The number of aromatic nitrogens is 1. The maximum atomic E-state index is 12.7. The fourth-order valence-corrected chi connectivity index (χ4v) is 6.06. The molecule has 0 aliphatic carbocycles. The largest absolute Gasteiger partial charge is 0.505 e. The first-order chi connectivity index (χ1) is 11.9. The predicted molar refractivity (Wildman–Crippen MR) is 99.2 cm³/mol. The summed E-state index contributed by atoms with van der Waals surface area (Å²) in [5.41, 5.74) is 0.920. The van der Waals surface area contributed by atoms with E-state index in [-0.39, 0.29) is 20.9 Å². The van der Waals surface area contributed by atoms with E-state index >= 15 is 0 Å². The zero-order valence-corrected chi connectivity index (χ0v) is 15.8. The van der Waals surface area contributed by atoms with E-state index in [1.165, 1.54) is 16.4 Å². The summed E-state index contributed by atoms with van der Waals surface area (Å²) in [5.74, 6) is -0.432. The SMILES string of the molecule is O=S(=O)(c1cc(Cl)cc(Cl)c1O)N1CC(c2nc3ccccc3s2)C1. The molecule has 130 valence electrons. The molecule has 9 heteroatoms. The highest BCUT2D eigenvalue weighted by Crippen LogP contribution is 2.40. The van der Waals surface area contributed by atoms with Crippen LogP contribution in [0.2, 0.25) is 10.0 Å². The van der Waals surface area contributed by atoms with Gasteiger partial charge in [-0.1, -0.05) is 35.3 Å². The Balaban J connectivity index is 1.59. The van der Waals surface area contributed by atoms with Crippen LogP contribution in [0.4, 0.5) is 0 Å². The van der Waals surface area contributed by atoms with Crippen LogP contribution >= 0.6 is 34.5 Å². The molecule has 0 spiro atoms. The highest BCUT2D eigenvalue weighted by atomic mass is 35.5. The Morgan fingerprint density at radius 2 is 1.92 bits per heavy atom. The average molecular weight is 415 g/mol. The number of para-hydroxylation sites is 1. The smallest absolute Gasteiger partial charge is 0.246 e. The third kappa shape index (κ3) is 2.90. The van der Waals surface area contributed by atoms with Crippen LogP contribution in [-0.4, -0.2) is 35.9 Å². The Bertz CT molecular complexity index is 1040. The zero-order chi connectivity index (χ0) is 17.8. The molecule has 2 heterocycles. The van der Waals surface area contributed by atoms with Crippen molar-refractivity contribution in [2.45, 2.75) is 10.8 Å². The molecule has 0 radical (unpaired) electrons. The van der Waals surface area contributed by atoms with Gasteiger partial charge in [-0.05, 0) is 24.3 Å². The summed E-state index contributed by atoms with van der Waals surface area (Å²) in [7, 11) is -3.86. The second-order valence-electron chi connectivity index (χ2n) is 5.77. The van der Waals surface area contributed by atoms with Crippen LogP contribution in [0.1, 0.15) is 10.9 Å². The molecule has 0 amide bonds. The third-order valence-electron chi connectivity index (χ3n) is 4.12. The molecule has 4 rings (SSSR count). The van der Waals surface area contributed by atoms with Gasteiger partial charge < -0.3 is 5.11 Å². The lowest BCUT2D eigenvalue weighted by molar-refractivity contribution is 0.263. The second-order valence-corrected chi connectivity index (χ2v) is 9.59. The number of hydrogen-bond acceptors (Lipinski definition) is 5. The molecular formula is C16H12Cl2N2O3S2. The lowest BCUT2D eigenvalue weighted by Gasteiger charge is -2.37. The van der Waals surface area contributed by atoms with E-state index < -0.39 is 15.8 Å². The van der Waals surface area contributed by atoms with Gasteiger partial charge in [0.25, 0.3) is 0 Å². The fraction of sp³-hybridized carbons (Fsp3) is 0.188. The standard InChI is InChI=1S/C16H12Cl2N2O3S2/c17-10-5-11(18)15(21)14(6-10)25(22,23)20-7-9(8-20)16-19-12-3-1-2-4-13(12)24-16/h1-6,9,21H,7-8H2. The summed E-state index contributed by atoms with van der Waals surface area (Å²) in [6.07, 6.45) is 0. The van der Waals surface area contributed by atoms with Crippen LogP contribution < -0.4 is 0 Å². The third-order valence-corrected chi connectivity index (χ3v) is 7.67. The van der Waals surface area contributed by atoms with Gasteiger partial charge in [0.15, 0.2) is 5.75 Å². The molecule has 1 saturated heterocycles. The van der Waals surface area contributed by atoms with Gasteiger partial charge in [-0.15, -0.1) is 11.3 Å². The number of sulfonamides is 1. The number of fused-ring (bicyclic) bond motifs is 1. The van der Waals surface area contributed by atoms with E-state index in [0.29, 0.717) is 13.1 Å². The molecule has 1 aliphatic heterocycles. The normalized spacial score (nSPS) is 16.2. The quantitative estimate of drug-likeness (QED) is 0.700. The summed E-state index contributed by atoms with van der Waals surface area (Å²) < 4.78 is 27.8. The van der Waals surface area contributed by atoms with Crippen LogP contribution in [0.15, 0.2) is 41.3 Å². The minimum Gasteiger partial charge on any atom is -0.505 e. The molecule has 0 bridgehead atoms. The summed E-state index contributed by atoms with van der Waals surface area (Å²) in [6.45, 7) is 0.622. The maximum absolute atomic E-state index is 12.7. The number of benzene rings is 2. The van der Waals surface area contributed by atoms with Crippen LogP contribution in [0, 0.1) is 0 Å². The number of phenols is 1. The summed E-state index contributed by atoms with van der Waals surface area (Å²) in [6, 6.07) is 10.3. The maximum Gasteiger partial charge on any atom is 0.246 e. The summed E-state index contributed by atoms with van der Waals surface area (Å²) in [4.78, 5) is 4.30. The van der Waals surface area contributed by atoms with E-state index in [1.807, 2.05) is 24.3 Å². The number of thiazole rings is 1. The minimum atomic E-state index is -3.86. The number of aromatic hydroxyl groups is 1. The zero-order valence-electron chi connectivity index (χ0n) is 12.7. The molecule has 0 unspecified atom stereocenters. The number of nitrogens with zero attached hydrogens (tertiary/aromatic N) is 2. The topological polar surface area (TPSA) is 70.5 Å². The first-order valence-electron chi connectivity index (χ1n) is 7.40. The lowest BCUT2D eigenvalue weighted by atomic mass is 10.1. The number of phenolic OH excluding ortho intramolecular Hbond substituents is 1. The minimum absolute atomic E-state index is 0.0453. The van der Waals surface area contributed by atoms with Crippen molar-refractivity contribution in [3.05, 3.63) is 51.5 Å². The fourth-order valence-electron chi connectivity index (χ4n) is 2.73.